The molecule has 0 spiro atoms. The van der Waals surface area contributed by atoms with Crippen molar-refractivity contribution in [2.75, 3.05) is 36.5 Å². The summed E-state index contributed by atoms with van der Waals surface area (Å²) in [5, 5.41) is 7.79. The van der Waals surface area contributed by atoms with Crippen LogP contribution in [0.5, 0.6) is 0 Å². The van der Waals surface area contributed by atoms with Crippen LogP contribution in [0.1, 0.15) is 23.5 Å². The lowest BCUT2D eigenvalue weighted by Crippen LogP contribution is -2.51. The zero-order valence-corrected chi connectivity index (χ0v) is 20.2. The minimum Gasteiger partial charge on any atom is -0.447 e. The first kappa shape index (κ1) is 25.5. The standard InChI is InChI=1S/C22H25ClN4O6S/c1-13(2)33-22(31)26-16(11-24-21(30)17-7-8-18(23)34-17)20(29)25-14-3-5-15(6-4-14)27-9-10-32-12-19(27)28/h3-8,13,16H,9-12H2,1-2H3,(H,24,30)(H,25,29)(H,26,31)/t16-/m0/s1. The van der Waals surface area contributed by atoms with E-state index in [1.807, 2.05) is 0 Å². The third-order valence-corrected chi connectivity index (χ3v) is 5.88. The van der Waals surface area contributed by atoms with Gasteiger partial charge in [0.25, 0.3) is 11.8 Å². The van der Waals surface area contributed by atoms with Gasteiger partial charge in [-0.25, -0.2) is 4.79 Å². The first-order valence-corrected chi connectivity index (χ1v) is 11.7. The van der Waals surface area contributed by atoms with E-state index in [9.17, 15) is 19.2 Å². The molecule has 182 valence electrons. The Bertz CT molecular complexity index is 1040. The SMILES string of the molecule is CC(C)OC(=O)N[C@@H](CNC(=O)c1ccc(Cl)s1)C(=O)Nc1ccc(N2CCOCC2=O)cc1. The van der Waals surface area contributed by atoms with Crippen molar-refractivity contribution in [1.29, 1.82) is 0 Å². The minimum absolute atomic E-state index is 0.0295. The fraction of sp³-hybridized carbons (Fsp3) is 0.364. The van der Waals surface area contributed by atoms with E-state index in [0.29, 0.717) is 33.7 Å². The van der Waals surface area contributed by atoms with Crippen molar-refractivity contribution >= 4 is 58.1 Å². The quantitative estimate of drug-likeness (QED) is 0.503. The molecule has 10 nitrogen and oxygen atoms in total. The molecule has 2 aromatic rings. The number of amides is 4. The van der Waals surface area contributed by atoms with Crippen molar-refractivity contribution in [3.05, 3.63) is 45.6 Å². The molecular weight excluding hydrogens is 484 g/mol. The van der Waals surface area contributed by atoms with E-state index in [0.717, 1.165) is 11.3 Å². The molecule has 1 saturated heterocycles. The van der Waals surface area contributed by atoms with E-state index in [1.54, 1.807) is 55.1 Å². The van der Waals surface area contributed by atoms with Crippen molar-refractivity contribution < 1.29 is 28.7 Å². The molecule has 1 aliphatic heterocycles. The van der Waals surface area contributed by atoms with E-state index in [4.69, 9.17) is 21.1 Å². The maximum absolute atomic E-state index is 12.9. The Morgan fingerprint density at radius 1 is 1.18 bits per heavy atom. The molecule has 34 heavy (non-hydrogen) atoms. The molecule has 1 aromatic heterocycles. The molecule has 0 unspecified atom stereocenters. The van der Waals surface area contributed by atoms with Crippen molar-refractivity contribution in [3.8, 4) is 0 Å². The second kappa shape index (κ2) is 11.8. The number of nitrogens with zero attached hydrogens (tertiary/aromatic N) is 1. The first-order chi connectivity index (χ1) is 16.2. The van der Waals surface area contributed by atoms with E-state index >= 15 is 0 Å². The third kappa shape index (κ3) is 7.17. The smallest absolute Gasteiger partial charge is 0.408 e. The molecule has 1 aliphatic rings. The van der Waals surface area contributed by atoms with Gasteiger partial charge in [0, 0.05) is 24.5 Å². The molecule has 4 amide bonds. The topological polar surface area (TPSA) is 126 Å². The second-order valence-electron chi connectivity index (χ2n) is 7.60. The highest BCUT2D eigenvalue weighted by molar-refractivity contribution is 7.18. The Hall–Kier alpha value is -3.15. The molecule has 1 aromatic carbocycles. The summed E-state index contributed by atoms with van der Waals surface area (Å²) >= 11 is 6.97. The summed E-state index contributed by atoms with van der Waals surface area (Å²) in [6.07, 6.45) is -1.17. The van der Waals surface area contributed by atoms with Gasteiger partial charge in [0.2, 0.25) is 5.91 Å². The zero-order chi connectivity index (χ0) is 24.7. The van der Waals surface area contributed by atoms with Gasteiger partial charge < -0.3 is 30.3 Å². The summed E-state index contributed by atoms with van der Waals surface area (Å²) < 4.78 is 10.7. The fourth-order valence-electron chi connectivity index (χ4n) is 3.06. The summed E-state index contributed by atoms with van der Waals surface area (Å²) in [7, 11) is 0. The highest BCUT2D eigenvalue weighted by Crippen LogP contribution is 2.21. The minimum atomic E-state index is -1.11. The van der Waals surface area contributed by atoms with Gasteiger partial charge in [-0.15, -0.1) is 11.3 Å². The molecule has 3 N–H and O–H groups in total. The normalized spacial score (nSPS) is 14.5. The van der Waals surface area contributed by atoms with Gasteiger partial charge in [-0.3, -0.25) is 14.4 Å². The molecule has 1 atom stereocenters. The number of halogens is 1. The Kier molecular flexibility index (Phi) is 8.85. The molecule has 2 heterocycles. The van der Waals surface area contributed by atoms with Crippen LogP contribution in [0.2, 0.25) is 4.34 Å². The monoisotopic (exact) mass is 508 g/mol. The molecule has 0 saturated carbocycles. The number of morpholine rings is 1. The van der Waals surface area contributed by atoms with Crippen LogP contribution in [0.4, 0.5) is 16.2 Å². The van der Waals surface area contributed by atoms with Crippen LogP contribution in [-0.2, 0) is 19.1 Å². The average molecular weight is 509 g/mol. The number of anilines is 2. The number of hydrogen-bond donors (Lipinski definition) is 3. The molecule has 1 fully saturated rings. The number of carbonyl (C=O) groups is 4. The summed E-state index contributed by atoms with van der Waals surface area (Å²) in [5.74, 6) is -1.12. The van der Waals surface area contributed by atoms with Gasteiger partial charge in [0.05, 0.1) is 21.9 Å². The fourth-order valence-corrected chi connectivity index (χ4v) is 4.02. The van der Waals surface area contributed by atoms with Gasteiger partial charge in [-0.1, -0.05) is 11.6 Å². The number of ether oxygens (including phenoxy) is 2. The first-order valence-electron chi connectivity index (χ1n) is 10.5. The summed E-state index contributed by atoms with van der Waals surface area (Å²) in [4.78, 5) is 51.3. The molecule has 3 rings (SSSR count). The summed E-state index contributed by atoms with van der Waals surface area (Å²) in [5.41, 5.74) is 1.14. The Labute approximate surface area is 205 Å². The number of rotatable bonds is 8. The third-order valence-electron chi connectivity index (χ3n) is 4.65. The Balaban J connectivity index is 1.65. The van der Waals surface area contributed by atoms with Crippen molar-refractivity contribution in [2.45, 2.75) is 26.0 Å². The highest BCUT2D eigenvalue weighted by Gasteiger charge is 2.24. The van der Waals surface area contributed by atoms with Gasteiger partial charge in [0.1, 0.15) is 12.6 Å². The van der Waals surface area contributed by atoms with Crippen LogP contribution < -0.4 is 20.9 Å². The number of carbonyl (C=O) groups excluding carboxylic acids is 4. The Morgan fingerprint density at radius 3 is 2.53 bits per heavy atom. The van der Waals surface area contributed by atoms with E-state index < -0.39 is 23.9 Å². The number of alkyl carbamates (subject to hydrolysis) is 1. The lowest BCUT2D eigenvalue weighted by atomic mass is 10.2. The number of hydrogen-bond acceptors (Lipinski definition) is 7. The maximum atomic E-state index is 12.9. The molecule has 0 bridgehead atoms. The largest absolute Gasteiger partial charge is 0.447 e. The molecular formula is C22H25ClN4O6S. The molecule has 12 heteroatoms. The van der Waals surface area contributed by atoms with Gasteiger partial charge in [-0.2, -0.15) is 0 Å². The van der Waals surface area contributed by atoms with Crippen LogP contribution in [0.15, 0.2) is 36.4 Å². The van der Waals surface area contributed by atoms with E-state index in [1.165, 1.54) is 0 Å². The summed E-state index contributed by atoms with van der Waals surface area (Å²) in [6.45, 7) is 4.11. The van der Waals surface area contributed by atoms with Crippen LogP contribution in [0.25, 0.3) is 0 Å². The van der Waals surface area contributed by atoms with Gasteiger partial charge in [-0.05, 0) is 50.2 Å². The van der Waals surface area contributed by atoms with Crippen molar-refractivity contribution in [1.82, 2.24) is 10.6 Å². The van der Waals surface area contributed by atoms with Crippen LogP contribution in [-0.4, -0.2) is 62.3 Å². The van der Waals surface area contributed by atoms with Crippen LogP contribution in [0, 0.1) is 0 Å². The number of thiophene rings is 1. The van der Waals surface area contributed by atoms with Crippen molar-refractivity contribution in [2.24, 2.45) is 0 Å². The number of nitrogens with one attached hydrogen (secondary N) is 3. The van der Waals surface area contributed by atoms with Gasteiger partial charge >= 0.3 is 6.09 Å². The predicted molar refractivity (Wildman–Crippen MR) is 128 cm³/mol. The van der Waals surface area contributed by atoms with Crippen LogP contribution >= 0.6 is 22.9 Å². The molecule has 0 radical (unpaired) electrons. The molecule has 0 aliphatic carbocycles. The zero-order valence-electron chi connectivity index (χ0n) is 18.6. The van der Waals surface area contributed by atoms with Crippen LogP contribution in [0.3, 0.4) is 0 Å². The highest BCUT2D eigenvalue weighted by atomic mass is 35.5. The maximum Gasteiger partial charge on any atom is 0.408 e. The van der Waals surface area contributed by atoms with Gasteiger partial charge in [0.15, 0.2) is 0 Å². The summed E-state index contributed by atoms with van der Waals surface area (Å²) in [6, 6.07) is 8.76. The van der Waals surface area contributed by atoms with Crippen molar-refractivity contribution in [3.63, 3.8) is 0 Å². The average Bonchev–Trinajstić information content (AvgIpc) is 3.23. The predicted octanol–water partition coefficient (Wildman–Crippen LogP) is 2.64. The van der Waals surface area contributed by atoms with E-state index in [-0.39, 0.29) is 25.2 Å². The second-order valence-corrected chi connectivity index (χ2v) is 9.31. The lowest BCUT2D eigenvalue weighted by molar-refractivity contribution is -0.125. The number of benzene rings is 1. The lowest BCUT2D eigenvalue weighted by Gasteiger charge is -2.27. The van der Waals surface area contributed by atoms with E-state index in [2.05, 4.69) is 16.0 Å². The Morgan fingerprint density at radius 2 is 1.91 bits per heavy atom.